The van der Waals surface area contributed by atoms with Crippen LogP contribution >= 0.6 is 0 Å². The highest BCUT2D eigenvalue weighted by atomic mass is 16.4. The zero-order chi connectivity index (χ0) is 14.0. The average Bonchev–Trinajstić information content (AvgIpc) is 2.56. The van der Waals surface area contributed by atoms with Crippen molar-refractivity contribution in [3.63, 3.8) is 0 Å². The van der Waals surface area contributed by atoms with E-state index in [-0.39, 0.29) is 17.4 Å². The highest BCUT2D eigenvalue weighted by Crippen LogP contribution is 2.44. The van der Waals surface area contributed by atoms with Crippen LogP contribution in [0.3, 0.4) is 0 Å². The molecule has 4 unspecified atom stereocenters. The zero-order valence-electron chi connectivity index (χ0n) is 10.1. The first-order valence-electron chi connectivity index (χ1n) is 5.16. The van der Waals surface area contributed by atoms with Crippen molar-refractivity contribution in [2.45, 2.75) is 12.8 Å². The predicted octanol–water partition coefficient (Wildman–Crippen LogP) is -2.07. The van der Waals surface area contributed by atoms with Gasteiger partial charge in [0.05, 0.1) is 17.8 Å². The van der Waals surface area contributed by atoms with Crippen LogP contribution < -0.4 is 0 Å². The molecule has 0 radical (unpaired) electrons. The molecule has 0 saturated heterocycles. The number of carboxylic acid groups (broad SMARTS) is 4. The Morgan fingerprint density at radius 3 is 1.55 bits per heavy atom. The standard InChI is InChI=1S/C10H12O8.2H2O/c11-6(12)2-3-4(8(13)14)1-5(9(15)16)7(3)10(17)18;;/h3-5,7H,1-2H2,(H,11,12)(H,13,14)(H,15,16)(H,17,18);2*1H2. The summed E-state index contributed by atoms with van der Waals surface area (Å²) in [6.07, 6.45) is -1.03. The van der Waals surface area contributed by atoms with Crippen molar-refractivity contribution in [1.29, 1.82) is 0 Å². The van der Waals surface area contributed by atoms with Gasteiger partial charge in [-0.2, -0.15) is 0 Å². The van der Waals surface area contributed by atoms with Crippen LogP contribution in [0.1, 0.15) is 12.8 Å². The van der Waals surface area contributed by atoms with Crippen molar-refractivity contribution >= 4 is 23.9 Å². The quantitative estimate of drug-likeness (QED) is 0.441. The highest BCUT2D eigenvalue weighted by Gasteiger charge is 2.53. The molecule has 0 heterocycles. The van der Waals surface area contributed by atoms with Crippen LogP contribution in [0, 0.1) is 23.7 Å². The molecule has 0 aliphatic heterocycles. The highest BCUT2D eigenvalue weighted by molar-refractivity contribution is 5.85. The van der Waals surface area contributed by atoms with Gasteiger partial charge < -0.3 is 31.4 Å². The summed E-state index contributed by atoms with van der Waals surface area (Å²) in [6, 6.07) is 0. The normalized spacial score (nSPS) is 27.8. The van der Waals surface area contributed by atoms with E-state index in [0.717, 1.165) is 0 Å². The van der Waals surface area contributed by atoms with Gasteiger partial charge >= 0.3 is 23.9 Å². The molecule has 10 nitrogen and oxygen atoms in total. The van der Waals surface area contributed by atoms with Crippen LogP contribution in [0.4, 0.5) is 0 Å². The van der Waals surface area contributed by atoms with Crippen LogP contribution in [0.15, 0.2) is 0 Å². The summed E-state index contributed by atoms with van der Waals surface area (Å²) in [5.74, 6) is -10.9. The summed E-state index contributed by atoms with van der Waals surface area (Å²) in [5.41, 5.74) is 0. The molecule has 116 valence electrons. The second-order valence-electron chi connectivity index (χ2n) is 4.25. The van der Waals surface area contributed by atoms with Gasteiger partial charge in [-0.1, -0.05) is 0 Å². The molecule has 8 N–H and O–H groups in total. The Labute approximate surface area is 112 Å². The molecule has 1 aliphatic rings. The van der Waals surface area contributed by atoms with E-state index >= 15 is 0 Å². The molecule has 1 fully saturated rings. The molecule has 0 spiro atoms. The molecular weight excluding hydrogens is 280 g/mol. The van der Waals surface area contributed by atoms with Gasteiger partial charge in [0.1, 0.15) is 0 Å². The molecule has 1 saturated carbocycles. The number of aliphatic carboxylic acids is 4. The van der Waals surface area contributed by atoms with E-state index in [0.29, 0.717) is 0 Å². The van der Waals surface area contributed by atoms with Gasteiger partial charge in [0, 0.05) is 6.42 Å². The lowest BCUT2D eigenvalue weighted by Gasteiger charge is -2.18. The van der Waals surface area contributed by atoms with Crippen LogP contribution in [-0.4, -0.2) is 55.3 Å². The summed E-state index contributed by atoms with van der Waals surface area (Å²) in [5, 5.41) is 35.4. The van der Waals surface area contributed by atoms with E-state index in [9.17, 15) is 19.2 Å². The molecule has 0 aromatic rings. The second kappa shape index (κ2) is 7.40. The lowest BCUT2D eigenvalue weighted by atomic mass is 9.84. The number of rotatable bonds is 5. The Kier molecular flexibility index (Phi) is 7.45. The third kappa shape index (κ3) is 3.90. The molecule has 1 aliphatic carbocycles. The maximum absolute atomic E-state index is 11.0. The van der Waals surface area contributed by atoms with E-state index < -0.39 is 54.0 Å². The molecule has 0 aromatic carbocycles. The van der Waals surface area contributed by atoms with Crippen LogP contribution in [0.25, 0.3) is 0 Å². The maximum atomic E-state index is 11.0. The van der Waals surface area contributed by atoms with E-state index in [1.165, 1.54) is 0 Å². The molecule has 0 amide bonds. The van der Waals surface area contributed by atoms with Crippen LogP contribution in [0.5, 0.6) is 0 Å². The monoisotopic (exact) mass is 296 g/mol. The average molecular weight is 296 g/mol. The molecule has 0 bridgehead atoms. The summed E-state index contributed by atoms with van der Waals surface area (Å²) in [7, 11) is 0. The van der Waals surface area contributed by atoms with Gasteiger partial charge in [-0.05, 0) is 12.3 Å². The minimum absolute atomic E-state index is 0. The first kappa shape index (κ1) is 20.1. The Bertz CT molecular complexity index is 403. The number of carbonyl (C=O) groups is 4. The Balaban J connectivity index is 0. The van der Waals surface area contributed by atoms with Crippen molar-refractivity contribution < 1.29 is 50.6 Å². The predicted molar refractivity (Wildman–Crippen MR) is 61.0 cm³/mol. The van der Waals surface area contributed by atoms with Gasteiger partial charge in [0.2, 0.25) is 0 Å². The molecule has 4 atom stereocenters. The van der Waals surface area contributed by atoms with Crippen LogP contribution in [-0.2, 0) is 19.2 Å². The maximum Gasteiger partial charge on any atom is 0.307 e. The number of hydrogen-bond donors (Lipinski definition) is 4. The zero-order valence-corrected chi connectivity index (χ0v) is 10.1. The van der Waals surface area contributed by atoms with Crippen molar-refractivity contribution in [3.05, 3.63) is 0 Å². The van der Waals surface area contributed by atoms with Gasteiger partial charge in [-0.3, -0.25) is 19.2 Å². The summed E-state index contributed by atoms with van der Waals surface area (Å²) in [4.78, 5) is 43.5. The lowest BCUT2D eigenvalue weighted by molar-refractivity contribution is -0.155. The minimum Gasteiger partial charge on any atom is -0.481 e. The summed E-state index contributed by atoms with van der Waals surface area (Å²) < 4.78 is 0. The van der Waals surface area contributed by atoms with E-state index in [1.54, 1.807) is 0 Å². The fourth-order valence-electron chi connectivity index (χ4n) is 2.51. The molecular formula is C10H16O10. The first-order chi connectivity index (χ1) is 8.25. The molecule has 20 heavy (non-hydrogen) atoms. The molecule has 0 aromatic heterocycles. The van der Waals surface area contributed by atoms with E-state index in [4.69, 9.17) is 20.4 Å². The number of hydrogen-bond acceptors (Lipinski definition) is 4. The smallest absolute Gasteiger partial charge is 0.307 e. The first-order valence-corrected chi connectivity index (χ1v) is 5.16. The van der Waals surface area contributed by atoms with Gasteiger partial charge in [-0.15, -0.1) is 0 Å². The van der Waals surface area contributed by atoms with Crippen molar-refractivity contribution in [2.75, 3.05) is 0 Å². The van der Waals surface area contributed by atoms with Gasteiger partial charge in [0.15, 0.2) is 0 Å². The Morgan fingerprint density at radius 2 is 1.25 bits per heavy atom. The van der Waals surface area contributed by atoms with Crippen molar-refractivity contribution in [2.24, 2.45) is 23.7 Å². The van der Waals surface area contributed by atoms with Gasteiger partial charge in [0.25, 0.3) is 0 Å². The SMILES string of the molecule is O.O.O=C(O)CC1C(C(=O)O)CC(C(=O)O)C1C(=O)O. The molecule has 1 rings (SSSR count). The fraction of sp³-hybridized carbons (Fsp3) is 0.600. The van der Waals surface area contributed by atoms with E-state index in [1.807, 2.05) is 0 Å². The van der Waals surface area contributed by atoms with Gasteiger partial charge in [-0.25, -0.2) is 0 Å². The van der Waals surface area contributed by atoms with Crippen LogP contribution in [0.2, 0.25) is 0 Å². The van der Waals surface area contributed by atoms with E-state index in [2.05, 4.69) is 0 Å². The third-order valence-electron chi connectivity index (χ3n) is 3.25. The minimum atomic E-state index is -1.49. The third-order valence-corrected chi connectivity index (χ3v) is 3.25. The number of carboxylic acids is 4. The van der Waals surface area contributed by atoms with Crippen molar-refractivity contribution in [1.82, 2.24) is 0 Å². The topological polar surface area (TPSA) is 212 Å². The summed E-state index contributed by atoms with van der Waals surface area (Å²) in [6.45, 7) is 0. The lowest BCUT2D eigenvalue weighted by Crippen LogP contribution is -2.32. The van der Waals surface area contributed by atoms with Crippen molar-refractivity contribution in [3.8, 4) is 0 Å². The Hall–Kier alpha value is -2.20. The summed E-state index contributed by atoms with van der Waals surface area (Å²) >= 11 is 0. The largest absolute Gasteiger partial charge is 0.481 e. The fourth-order valence-corrected chi connectivity index (χ4v) is 2.51. The Morgan fingerprint density at radius 1 is 0.800 bits per heavy atom. The molecule has 10 heteroatoms. The second-order valence-corrected chi connectivity index (χ2v) is 4.25.